The maximum atomic E-state index is 11.8. The van der Waals surface area contributed by atoms with Crippen LogP contribution in [-0.4, -0.2) is 113 Å². The van der Waals surface area contributed by atoms with Crippen LogP contribution < -0.4 is 5.73 Å². The van der Waals surface area contributed by atoms with Crippen LogP contribution >= 0.6 is 0 Å². The minimum Gasteiger partial charge on any atom is -0.481 e. The molecule has 16 fully saturated rings. The summed E-state index contributed by atoms with van der Waals surface area (Å²) in [6.45, 7) is 48.4. The highest BCUT2D eigenvalue weighted by Gasteiger charge is 2.71. The van der Waals surface area contributed by atoms with Crippen LogP contribution in [0.1, 0.15) is 388 Å². The van der Waals surface area contributed by atoms with E-state index in [0.717, 1.165) is 128 Å². The lowest BCUT2D eigenvalue weighted by atomic mass is 9.41. The largest absolute Gasteiger partial charge is 0.481 e. The Bertz CT molecular complexity index is 3660. The van der Waals surface area contributed by atoms with Gasteiger partial charge in [0.25, 0.3) is 0 Å². The smallest absolute Gasteiger partial charge is 0.305 e. The van der Waals surface area contributed by atoms with Gasteiger partial charge in [-0.1, -0.05) is 176 Å². The summed E-state index contributed by atoms with van der Waals surface area (Å²) in [6.07, 6.45) is 47.3. The Morgan fingerprint density at radius 3 is 0.969 bits per heavy atom. The predicted octanol–water partition coefficient (Wildman–Crippen LogP) is 26.1. The Morgan fingerprint density at radius 2 is 0.659 bits per heavy atom. The molecule has 16 rings (SSSR count). The fourth-order valence-corrected chi connectivity index (χ4v) is 39.7. The second-order valence-corrected chi connectivity index (χ2v) is 51.1. The zero-order valence-electron chi connectivity index (χ0n) is 86.6. The summed E-state index contributed by atoms with van der Waals surface area (Å²) < 4.78 is 41.5. The summed E-state index contributed by atoms with van der Waals surface area (Å²) in [5, 5.41) is 40.4. The average molecular weight is 1800 g/mol. The first-order chi connectivity index (χ1) is 61.3. The van der Waals surface area contributed by atoms with Crippen molar-refractivity contribution in [3.63, 3.8) is 0 Å². The molecule has 0 aromatic heterocycles. The molecule has 44 atom stereocenters. The normalized spacial score (nSPS) is 48.7. The molecule has 16 aliphatic rings. The molecule has 16 aliphatic carbocycles. The maximum Gasteiger partial charge on any atom is 0.305 e. The van der Waals surface area contributed by atoms with Crippen LogP contribution in [0.4, 0.5) is 0 Å². The molecule has 16 saturated carbocycles. The van der Waals surface area contributed by atoms with Crippen LogP contribution in [0.5, 0.6) is 0 Å². The van der Waals surface area contributed by atoms with Crippen LogP contribution in [-0.2, 0) is 47.5 Å². The highest BCUT2D eigenvalue weighted by Crippen LogP contribution is 2.76. The number of nitrogens with zero attached hydrogens (tertiary/aromatic N) is 1. The molecule has 15 heteroatoms. The first-order valence-corrected chi connectivity index (χ1v) is 54.9. The van der Waals surface area contributed by atoms with E-state index in [2.05, 4.69) is 138 Å². The zero-order chi connectivity index (χ0) is 93.6. The molecule has 1 amide bonds. The minimum absolute atomic E-state index is 0.0631. The molecule has 5 N–H and O–H groups in total. The minimum atomic E-state index is -0.683. The number of carbonyl (C=O) groups excluding carboxylic acids is 2. The monoisotopic (exact) mass is 1800 g/mol. The van der Waals surface area contributed by atoms with Crippen molar-refractivity contribution in [1.82, 2.24) is 0 Å². The number of amides is 1. The molecule has 0 saturated heterocycles. The van der Waals surface area contributed by atoms with Crippen LogP contribution in [0.3, 0.4) is 0 Å². The van der Waals surface area contributed by atoms with Crippen molar-refractivity contribution in [2.24, 2.45) is 233 Å². The van der Waals surface area contributed by atoms with Gasteiger partial charge in [-0.3, -0.25) is 14.4 Å². The standard InChI is InChI=1S/C30H52O4.C29H51NO3.C29H49NO2.C26H44O4/c1-8-21-25-17-19(2)13-15-30(25,5)24-14-16-29(4)22(20(3)9-12-26(31)33-7)10-11-23(29)27(24)28(21)34-18-32-6;1-7-20-24-16-18(2)12-14-29(24,5)23-13-15-28(4)21(19(3)8-11-25(30)31)9-10-22(28)26(23)27(20)33-17-32-6;1-7-21-25-17-19(2)12-14-29(25,5)24-13-15-28(4)22(20(3)9-8-16-30)10-11-23(28)26(24)27(21)32-18-31-6;1-5-17-21-14-16(27)10-12-26(21,4)20-11-13-25(3)18(15(2)6-9-22(28)29)7-8-19(25)23(20)24(17)30/h19-25,27-28H,8-18H2,1-7H3;18-24,26-27H,7-17H2,1-6H3,(H2,30,31);19-27H,7-15,17-18H2,1-6H3;15-21,23-24,27,30H,5-14H2,1-4H3,(H,28,29)/t19-,20-,21-,22-,23?,24?,25+,27?,28-,29-,30-;18-,19-,20-,21-,22?,23?,24+,26?,27?,28-,29-;19-,20-,21-,22-,23?,24?,25+,26?,27-,28-,29-;15-,16-,17-,18-,19?,20?,21+,23?,24-,25-,26-/m1111/s1. The molecule has 740 valence electrons. The van der Waals surface area contributed by atoms with E-state index in [1.54, 1.807) is 21.3 Å². The molecule has 0 aromatic rings. The SMILES string of the molecule is CC[C@H]1C(OCOC)C2C3CC[C@H]([C@H](C)CCC(N)=O)[C@@]3(C)CCC2[C@@]2(C)CC[C@@H](C)C[C@@H]12.CC[C@H]1[C@@H](O)C2C3CC[C@H]([C@H](C)CCC(=O)O)[C@@]3(C)CCC2[C@@]2(C)CC[C@@H](O)C[C@@H]12.CC[C@H]1[C@@H](OCOC)C2C3CC[C@H]([C@H](C)CCC#N)[C@@]3(C)CCC2[C@@]2(C)CC[C@@H](C)C[C@@H]12.CC[C@H]1[C@@H](OCOC)C2C3CC[C@H]([C@H](C)CCC(=O)OC)[C@@]3(C)CCC2[C@@]2(C)CC[C@@H](C)C[C@@H]12. The number of aliphatic hydroxyl groups is 2. The molecule has 129 heavy (non-hydrogen) atoms. The second-order valence-electron chi connectivity index (χ2n) is 51.1. The van der Waals surface area contributed by atoms with Gasteiger partial charge >= 0.3 is 11.9 Å². The number of carboxylic acids is 1. The summed E-state index contributed by atoms with van der Waals surface area (Å²) in [5.74, 6) is 19.7. The number of primary amides is 1. The van der Waals surface area contributed by atoms with Crippen molar-refractivity contribution in [3.05, 3.63) is 0 Å². The lowest BCUT2D eigenvalue weighted by molar-refractivity contribution is -0.231. The van der Waals surface area contributed by atoms with Gasteiger partial charge in [0.15, 0.2) is 0 Å². The van der Waals surface area contributed by atoms with Crippen molar-refractivity contribution in [2.45, 2.75) is 419 Å². The Hall–Kier alpha value is -2.42. The van der Waals surface area contributed by atoms with E-state index in [1.165, 1.54) is 187 Å². The van der Waals surface area contributed by atoms with Gasteiger partial charge in [-0.25, -0.2) is 0 Å². The lowest BCUT2D eigenvalue weighted by Crippen LogP contribution is -2.62. The third-order valence-electron chi connectivity index (χ3n) is 45.9. The summed E-state index contributed by atoms with van der Waals surface area (Å²) in [5.41, 5.74) is 8.51. The third kappa shape index (κ3) is 19.4. The Morgan fingerprint density at radius 1 is 0.372 bits per heavy atom. The van der Waals surface area contributed by atoms with Gasteiger partial charge in [-0.05, 0) is 413 Å². The number of nitriles is 1. The summed E-state index contributed by atoms with van der Waals surface area (Å²) in [7, 11) is 6.83. The molecule has 0 bridgehead atoms. The molecule has 0 aromatic carbocycles. The fourth-order valence-electron chi connectivity index (χ4n) is 39.7. The van der Waals surface area contributed by atoms with Gasteiger partial charge < -0.3 is 54.2 Å². The van der Waals surface area contributed by atoms with Crippen molar-refractivity contribution in [3.8, 4) is 6.07 Å². The summed E-state index contributed by atoms with van der Waals surface area (Å²) in [4.78, 5) is 34.4. The first kappa shape index (κ1) is 104. The molecule has 0 aliphatic heterocycles. The van der Waals surface area contributed by atoms with Crippen LogP contribution in [0.25, 0.3) is 0 Å². The van der Waals surface area contributed by atoms with E-state index in [9.17, 15) is 24.6 Å². The van der Waals surface area contributed by atoms with Crippen molar-refractivity contribution >= 4 is 17.8 Å². The number of fused-ring (bicyclic) bond motifs is 20. The molecule has 0 spiro atoms. The van der Waals surface area contributed by atoms with Crippen molar-refractivity contribution in [2.75, 3.05) is 48.8 Å². The van der Waals surface area contributed by atoms with Gasteiger partial charge in [0.05, 0.1) is 43.7 Å². The van der Waals surface area contributed by atoms with Crippen LogP contribution in [0, 0.1) is 238 Å². The van der Waals surface area contributed by atoms with E-state index in [0.29, 0.717) is 197 Å². The second kappa shape index (κ2) is 42.7. The van der Waals surface area contributed by atoms with Crippen LogP contribution in [0.15, 0.2) is 0 Å². The number of methoxy groups -OCH3 is 4. The number of rotatable bonds is 28. The van der Waals surface area contributed by atoms with E-state index < -0.39 is 5.97 Å². The number of hydrogen-bond acceptors (Lipinski definition) is 13. The van der Waals surface area contributed by atoms with Crippen molar-refractivity contribution < 1.29 is 62.9 Å². The number of carboxylic acid groups (broad SMARTS) is 1. The van der Waals surface area contributed by atoms with E-state index in [-0.39, 0.29) is 41.3 Å². The van der Waals surface area contributed by atoms with E-state index in [1.807, 2.05) is 0 Å². The number of ether oxygens (including phenoxy) is 7. The summed E-state index contributed by atoms with van der Waals surface area (Å²) in [6, 6.07) is 2.40. The van der Waals surface area contributed by atoms with Crippen LogP contribution in [0.2, 0.25) is 0 Å². The zero-order valence-corrected chi connectivity index (χ0v) is 86.6. The number of hydrogen-bond donors (Lipinski definition) is 4. The predicted molar refractivity (Wildman–Crippen MR) is 517 cm³/mol. The van der Waals surface area contributed by atoms with Gasteiger partial charge in [-0.2, -0.15) is 5.26 Å². The van der Waals surface area contributed by atoms with Gasteiger partial charge in [0, 0.05) is 47.0 Å². The van der Waals surface area contributed by atoms with E-state index >= 15 is 0 Å². The highest BCUT2D eigenvalue weighted by atomic mass is 16.7. The molecular formula is C114H196N2O13. The number of carbonyl (C=O) groups is 3. The first-order valence-electron chi connectivity index (χ1n) is 54.9. The Kier molecular flexibility index (Phi) is 34.4. The Labute approximate surface area is 787 Å². The number of aliphatic carboxylic acids is 1. The molecular weight excluding hydrogens is 1610 g/mol. The van der Waals surface area contributed by atoms with Crippen molar-refractivity contribution in [1.29, 1.82) is 5.26 Å². The van der Waals surface area contributed by atoms with Gasteiger partial charge in [0.1, 0.15) is 20.4 Å². The van der Waals surface area contributed by atoms with Gasteiger partial charge in [-0.15, -0.1) is 0 Å². The molecule has 0 radical (unpaired) electrons. The van der Waals surface area contributed by atoms with Gasteiger partial charge in [0.2, 0.25) is 5.91 Å². The Balaban J connectivity index is 0.000000147. The average Bonchev–Trinajstić information content (AvgIpc) is 1.68. The number of esters is 1. The molecule has 15 nitrogen and oxygen atoms in total. The lowest BCUT2D eigenvalue weighted by Gasteiger charge is -2.65. The summed E-state index contributed by atoms with van der Waals surface area (Å²) >= 11 is 0. The number of aliphatic hydroxyl groups excluding tert-OH is 2. The molecule has 13 unspecified atom stereocenters. The maximum absolute atomic E-state index is 11.8. The topological polar surface area (TPSA) is 226 Å². The molecule has 0 heterocycles. The quantitative estimate of drug-likeness (QED) is 0.0422. The fraction of sp³-hybridized carbons (Fsp3) is 0.965. The highest BCUT2D eigenvalue weighted by molar-refractivity contribution is 5.73. The number of nitrogens with two attached hydrogens (primary N) is 1. The van der Waals surface area contributed by atoms with E-state index in [4.69, 9.17) is 49.3 Å². The third-order valence-corrected chi connectivity index (χ3v) is 45.9.